The van der Waals surface area contributed by atoms with Gasteiger partial charge in [0.25, 0.3) is 0 Å². The second-order valence-electron chi connectivity index (χ2n) is 5.13. The van der Waals surface area contributed by atoms with Crippen LogP contribution in [-0.4, -0.2) is 0 Å². The van der Waals surface area contributed by atoms with E-state index in [9.17, 15) is 0 Å². The Labute approximate surface area is 109 Å². The fraction of sp³-hybridized carbons (Fsp3) is 0.294. The molecule has 2 aromatic carbocycles. The van der Waals surface area contributed by atoms with Crippen molar-refractivity contribution in [2.24, 2.45) is 5.73 Å². The predicted molar refractivity (Wildman–Crippen MR) is 75.5 cm³/mol. The van der Waals surface area contributed by atoms with Crippen LogP contribution >= 0.6 is 0 Å². The molecule has 3 rings (SSSR count). The summed E-state index contributed by atoms with van der Waals surface area (Å²) in [6, 6.07) is 19.4. The van der Waals surface area contributed by atoms with Crippen molar-refractivity contribution in [2.45, 2.75) is 31.2 Å². The third kappa shape index (κ3) is 2.06. The van der Waals surface area contributed by atoms with Crippen molar-refractivity contribution in [3.05, 3.63) is 71.3 Å². The summed E-state index contributed by atoms with van der Waals surface area (Å²) in [5.41, 5.74) is 10.7. The van der Waals surface area contributed by atoms with Gasteiger partial charge in [-0.25, -0.2) is 0 Å². The molecule has 0 aliphatic heterocycles. The van der Waals surface area contributed by atoms with Crippen LogP contribution in [0.4, 0.5) is 0 Å². The maximum absolute atomic E-state index is 6.48. The lowest BCUT2D eigenvalue weighted by atomic mass is 9.77. The first-order valence-corrected chi connectivity index (χ1v) is 6.74. The third-order valence-electron chi connectivity index (χ3n) is 4.03. The number of hydrogen-bond acceptors (Lipinski definition) is 1. The molecule has 0 radical (unpaired) electrons. The van der Waals surface area contributed by atoms with E-state index in [4.69, 9.17) is 5.73 Å². The van der Waals surface area contributed by atoms with Crippen LogP contribution in [0.1, 0.15) is 41.5 Å². The minimum Gasteiger partial charge on any atom is -0.323 e. The molecule has 92 valence electrons. The molecule has 1 aliphatic rings. The van der Waals surface area contributed by atoms with Crippen LogP contribution in [0.5, 0.6) is 0 Å². The lowest BCUT2D eigenvalue weighted by molar-refractivity contribution is 0.474. The van der Waals surface area contributed by atoms with Crippen molar-refractivity contribution in [3.63, 3.8) is 0 Å². The average molecular weight is 237 g/mol. The van der Waals surface area contributed by atoms with Crippen LogP contribution in [0, 0.1) is 0 Å². The van der Waals surface area contributed by atoms with Gasteiger partial charge >= 0.3 is 0 Å². The van der Waals surface area contributed by atoms with Crippen LogP contribution in [0.25, 0.3) is 0 Å². The molecule has 0 heterocycles. The third-order valence-corrected chi connectivity index (χ3v) is 4.03. The Bertz CT molecular complexity index is 518. The van der Waals surface area contributed by atoms with Crippen molar-refractivity contribution in [2.75, 3.05) is 0 Å². The first-order valence-electron chi connectivity index (χ1n) is 6.74. The smallest absolute Gasteiger partial charge is 0.0364 e. The maximum atomic E-state index is 6.48. The number of rotatable bonds is 2. The molecule has 0 aromatic heterocycles. The largest absolute Gasteiger partial charge is 0.323 e. The normalized spacial score (nSPS) is 20.2. The Hall–Kier alpha value is -1.60. The Morgan fingerprint density at radius 2 is 1.67 bits per heavy atom. The van der Waals surface area contributed by atoms with Gasteiger partial charge in [0.1, 0.15) is 0 Å². The fourth-order valence-corrected chi connectivity index (χ4v) is 3.07. The summed E-state index contributed by atoms with van der Waals surface area (Å²) in [6.45, 7) is 0. The molecule has 0 saturated carbocycles. The highest BCUT2D eigenvalue weighted by Crippen LogP contribution is 2.38. The summed E-state index contributed by atoms with van der Waals surface area (Å²) in [7, 11) is 0. The van der Waals surface area contributed by atoms with Gasteiger partial charge in [0.15, 0.2) is 0 Å². The lowest BCUT2D eigenvalue weighted by Crippen LogP contribution is -2.23. The van der Waals surface area contributed by atoms with Crippen LogP contribution in [-0.2, 0) is 6.42 Å². The van der Waals surface area contributed by atoms with Gasteiger partial charge in [-0.1, -0.05) is 54.6 Å². The quantitative estimate of drug-likeness (QED) is 0.844. The van der Waals surface area contributed by atoms with Crippen LogP contribution in [0.15, 0.2) is 54.6 Å². The first kappa shape index (κ1) is 11.5. The Morgan fingerprint density at radius 3 is 2.50 bits per heavy atom. The molecule has 1 aliphatic carbocycles. The predicted octanol–water partition coefficient (Wildman–Crippen LogP) is 3.81. The van der Waals surface area contributed by atoms with Crippen LogP contribution in [0.3, 0.4) is 0 Å². The molecule has 1 nitrogen and oxygen atoms in total. The molecule has 0 fully saturated rings. The standard InChI is InChI=1S/C17H19N/c18-17(14-8-2-1-3-9-14)16-12-6-10-13-7-4-5-11-15(13)16/h1-5,7-9,11,16-17H,6,10,12,18H2/t16-,17+/m1/s1. The SMILES string of the molecule is N[C@@H](c1ccccc1)[C@@H]1CCCc2ccccc21. The average Bonchev–Trinajstić information content (AvgIpc) is 2.47. The summed E-state index contributed by atoms with van der Waals surface area (Å²) >= 11 is 0. The van der Waals surface area contributed by atoms with Gasteiger partial charge in [-0.15, -0.1) is 0 Å². The summed E-state index contributed by atoms with van der Waals surface area (Å²) in [4.78, 5) is 0. The zero-order chi connectivity index (χ0) is 12.4. The van der Waals surface area contributed by atoms with Crippen molar-refractivity contribution in [3.8, 4) is 0 Å². The number of hydrogen-bond donors (Lipinski definition) is 1. The Balaban J connectivity index is 1.94. The molecule has 18 heavy (non-hydrogen) atoms. The summed E-state index contributed by atoms with van der Waals surface area (Å²) < 4.78 is 0. The van der Waals surface area contributed by atoms with E-state index in [2.05, 4.69) is 48.5 Å². The van der Waals surface area contributed by atoms with Crippen LogP contribution < -0.4 is 5.73 Å². The van der Waals surface area contributed by atoms with Crippen molar-refractivity contribution in [1.29, 1.82) is 0 Å². The van der Waals surface area contributed by atoms with E-state index in [1.807, 2.05) is 6.07 Å². The van der Waals surface area contributed by atoms with Crippen molar-refractivity contribution < 1.29 is 0 Å². The van der Waals surface area contributed by atoms with Crippen molar-refractivity contribution in [1.82, 2.24) is 0 Å². The van der Waals surface area contributed by atoms with E-state index in [1.54, 1.807) is 0 Å². The van der Waals surface area contributed by atoms with E-state index < -0.39 is 0 Å². The second kappa shape index (κ2) is 4.95. The molecular weight excluding hydrogens is 218 g/mol. The fourth-order valence-electron chi connectivity index (χ4n) is 3.07. The maximum Gasteiger partial charge on any atom is 0.0364 e. The molecule has 2 N–H and O–H groups in total. The van der Waals surface area contributed by atoms with Crippen LogP contribution in [0.2, 0.25) is 0 Å². The molecule has 0 bridgehead atoms. The van der Waals surface area contributed by atoms with E-state index in [-0.39, 0.29) is 6.04 Å². The van der Waals surface area contributed by atoms with Gasteiger partial charge in [0.2, 0.25) is 0 Å². The molecule has 2 atom stereocenters. The lowest BCUT2D eigenvalue weighted by Gasteiger charge is -2.30. The van der Waals surface area contributed by atoms with Gasteiger partial charge in [0.05, 0.1) is 0 Å². The molecule has 1 heteroatoms. The highest BCUT2D eigenvalue weighted by atomic mass is 14.7. The number of benzene rings is 2. The molecule has 2 aromatic rings. The van der Waals surface area contributed by atoms with Crippen molar-refractivity contribution >= 4 is 0 Å². The van der Waals surface area contributed by atoms with Gasteiger partial charge < -0.3 is 5.73 Å². The zero-order valence-electron chi connectivity index (χ0n) is 10.5. The zero-order valence-corrected chi connectivity index (χ0v) is 10.5. The number of aryl methyl sites for hydroxylation is 1. The van der Waals surface area contributed by atoms with Gasteiger partial charge in [-0.05, 0) is 36.0 Å². The van der Waals surface area contributed by atoms with Gasteiger partial charge in [-0.3, -0.25) is 0 Å². The Kier molecular flexibility index (Phi) is 3.16. The van der Waals surface area contributed by atoms with E-state index in [0.29, 0.717) is 5.92 Å². The monoisotopic (exact) mass is 237 g/mol. The highest BCUT2D eigenvalue weighted by Gasteiger charge is 2.25. The summed E-state index contributed by atoms with van der Waals surface area (Å²) in [5.74, 6) is 0.470. The van der Waals surface area contributed by atoms with Gasteiger partial charge in [0, 0.05) is 12.0 Å². The Morgan fingerprint density at radius 1 is 0.944 bits per heavy atom. The van der Waals surface area contributed by atoms with E-state index in [1.165, 1.54) is 36.0 Å². The molecular formula is C17H19N. The van der Waals surface area contributed by atoms with E-state index in [0.717, 1.165) is 0 Å². The second-order valence-corrected chi connectivity index (χ2v) is 5.13. The molecule has 0 unspecified atom stereocenters. The molecule has 0 saturated heterocycles. The minimum atomic E-state index is 0.118. The summed E-state index contributed by atoms with van der Waals surface area (Å²) in [5, 5.41) is 0. The van der Waals surface area contributed by atoms with Gasteiger partial charge in [-0.2, -0.15) is 0 Å². The first-order chi connectivity index (χ1) is 8.86. The summed E-state index contributed by atoms with van der Waals surface area (Å²) in [6.07, 6.45) is 3.66. The highest BCUT2D eigenvalue weighted by molar-refractivity contribution is 5.36. The number of nitrogens with two attached hydrogens (primary N) is 1. The molecule has 0 amide bonds. The minimum absolute atomic E-state index is 0.118. The number of fused-ring (bicyclic) bond motifs is 1. The topological polar surface area (TPSA) is 26.0 Å². The molecule has 0 spiro atoms. The van der Waals surface area contributed by atoms with E-state index >= 15 is 0 Å².